The molecule has 2 aromatic rings. The van der Waals surface area contributed by atoms with Gasteiger partial charge in [0.15, 0.2) is 0 Å². The molecule has 0 heterocycles. The Bertz CT molecular complexity index is 980. The van der Waals surface area contributed by atoms with Gasteiger partial charge in [-0.1, -0.05) is 22.0 Å². The number of sulfonamides is 1. The van der Waals surface area contributed by atoms with E-state index >= 15 is 0 Å². The summed E-state index contributed by atoms with van der Waals surface area (Å²) in [6.07, 6.45) is -0.0595. The minimum atomic E-state index is -3.71. The Morgan fingerprint density at radius 2 is 1.83 bits per heavy atom. The number of amides is 2. The molecule has 0 aliphatic rings. The van der Waals surface area contributed by atoms with Crippen LogP contribution in [0.25, 0.3) is 0 Å². The van der Waals surface area contributed by atoms with E-state index in [1.54, 1.807) is 43.3 Å². The van der Waals surface area contributed by atoms with Gasteiger partial charge in [-0.05, 0) is 43.3 Å². The van der Waals surface area contributed by atoms with Crippen LogP contribution < -0.4 is 14.8 Å². The van der Waals surface area contributed by atoms with Crippen molar-refractivity contribution in [3.8, 4) is 5.75 Å². The minimum Gasteiger partial charge on any atom is -0.497 e. The predicted octanol–water partition coefficient (Wildman–Crippen LogP) is 2.61. The number of likely N-dealkylation sites (N-methyl/N-ethyl adjacent to an activating group) is 1. The highest BCUT2D eigenvalue weighted by Gasteiger charge is 2.18. The van der Waals surface area contributed by atoms with Crippen LogP contribution in [0.1, 0.15) is 13.3 Å². The summed E-state index contributed by atoms with van der Waals surface area (Å²) in [6.45, 7) is 1.88. The largest absolute Gasteiger partial charge is 0.497 e. The molecule has 0 bridgehead atoms. The highest BCUT2D eigenvalue weighted by atomic mass is 79.9. The van der Waals surface area contributed by atoms with Gasteiger partial charge in [0.05, 0.1) is 18.6 Å². The zero-order chi connectivity index (χ0) is 22.1. The number of hydrogen-bond donors (Lipinski definition) is 2. The monoisotopic (exact) mass is 497 g/mol. The van der Waals surface area contributed by atoms with Crippen LogP contribution in [0.15, 0.2) is 57.9 Å². The zero-order valence-corrected chi connectivity index (χ0v) is 19.1. The van der Waals surface area contributed by atoms with Crippen LogP contribution in [0.3, 0.4) is 0 Å². The maximum Gasteiger partial charge on any atom is 0.243 e. The summed E-state index contributed by atoms with van der Waals surface area (Å²) in [7, 11) is -2.18. The highest BCUT2D eigenvalue weighted by molar-refractivity contribution is 9.10. The number of carbonyl (C=O) groups is 2. The maximum atomic E-state index is 12.4. The normalized spacial score (nSPS) is 11.0. The lowest BCUT2D eigenvalue weighted by atomic mass is 10.3. The van der Waals surface area contributed by atoms with Gasteiger partial charge < -0.3 is 15.0 Å². The fourth-order valence-corrected chi connectivity index (χ4v) is 3.89. The fourth-order valence-electron chi connectivity index (χ4n) is 2.60. The molecular weight excluding hydrogens is 474 g/mol. The van der Waals surface area contributed by atoms with E-state index in [9.17, 15) is 18.0 Å². The number of ether oxygens (including phenoxy) is 1. The molecule has 0 aliphatic carbocycles. The van der Waals surface area contributed by atoms with Crippen molar-refractivity contribution < 1.29 is 22.7 Å². The molecular formula is C20H24BrN3O5S. The van der Waals surface area contributed by atoms with Crippen molar-refractivity contribution >= 4 is 43.5 Å². The second-order valence-corrected chi connectivity index (χ2v) is 8.97. The average molecular weight is 498 g/mol. The molecule has 0 saturated heterocycles. The summed E-state index contributed by atoms with van der Waals surface area (Å²) in [5.74, 6) is -0.0695. The third kappa shape index (κ3) is 7.12. The van der Waals surface area contributed by atoms with E-state index in [2.05, 4.69) is 26.0 Å². The van der Waals surface area contributed by atoms with Crippen LogP contribution >= 0.6 is 15.9 Å². The van der Waals surface area contributed by atoms with E-state index in [1.165, 1.54) is 24.1 Å². The minimum absolute atomic E-state index is 0.0595. The molecule has 30 heavy (non-hydrogen) atoms. The Kier molecular flexibility index (Phi) is 8.82. The molecule has 162 valence electrons. The summed E-state index contributed by atoms with van der Waals surface area (Å²) < 4.78 is 32.8. The van der Waals surface area contributed by atoms with Gasteiger partial charge in [0.1, 0.15) is 5.75 Å². The zero-order valence-electron chi connectivity index (χ0n) is 16.7. The first-order valence-corrected chi connectivity index (χ1v) is 11.5. The van der Waals surface area contributed by atoms with Crippen LogP contribution in [0.5, 0.6) is 5.75 Å². The van der Waals surface area contributed by atoms with E-state index in [1.807, 2.05) is 0 Å². The summed E-state index contributed by atoms with van der Waals surface area (Å²) in [5, 5.41) is 2.71. The van der Waals surface area contributed by atoms with Crippen molar-refractivity contribution in [2.45, 2.75) is 18.2 Å². The van der Waals surface area contributed by atoms with Crippen LogP contribution in [0.4, 0.5) is 5.69 Å². The third-order valence-electron chi connectivity index (χ3n) is 4.18. The Hall–Kier alpha value is -2.43. The van der Waals surface area contributed by atoms with Gasteiger partial charge in [-0.15, -0.1) is 0 Å². The molecule has 2 rings (SSSR count). The molecule has 0 atom stereocenters. The summed E-state index contributed by atoms with van der Waals surface area (Å²) in [6, 6.07) is 13.1. The smallest absolute Gasteiger partial charge is 0.243 e. The first-order valence-electron chi connectivity index (χ1n) is 9.22. The summed E-state index contributed by atoms with van der Waals surface area (Å²) in [4.78, 5) is 26.2. The lowest BCUT2D eigenvalue weighted by Gasteiger charge is -2.20. The highest BCUT2D eigenvalue weighted by Crippen LogP contribution is 2.17. The number of carbonyl (C=O) groups excluding carboxylic acids is 2. The van der Waals surface area contributed by atoms with Crippen molar-refractivity contribution in [2.75, 3.05) is 32.1 Å². The molecule has 8 nitrogen and oxygen atoms in total. The molecule has 2 amide bonds. The fraction of sp³-hybridized carbons (Fsp3) is 0.300. The molecule has 2 aromatic carbocycles. The van der Waals surface area contributed by atoms with Gasteiger partial charge >= 0.3 is 0 Å². The lowest BCUT2D eigenvalue weighted by molar-refractivity contribution is -0.134. The second-order valence-electron chi connectivity index (χ2n) is 6.29. The predicted molar refractivity (Wildman–Crippen MR) is 118 cm³/mol. The van der Waals surface area contributed by atoms with E-state index in [0.29, 0.717) is 18.0 Å². The number of hydrogen-bond acceptors (Lipinski definition) is 5. The average Bonchev–Trinajstić information content (AvgIpc) is 2.72. The summed E-state index contributed by atoms with van der Waals surface area (Å²) >= 11 is 3.25. The number of benzene rings is 2. The Labute approximate surface area is 184 Å². The number of anilines is 1. The SMILES string of the molecule is CCN(CC(=O)Nc1cccc(OC)c1)C(=O)CCNS(=O)(=O)c1ccc(Br)cc1. The molecule has 10 heteroatoms. The van der Waals surface area contributed by atoms with E-state index < -0.39 is 10.0 Å². The molecule has 0 fully saturated rings. The second kappa shape index (κ2) is 11.1. The Balaban J connectivity index is 1.86. The topological polar surface area (TPSA) is 105 Å². The molecule has 0 saturated carbocycles. The van der Waals surface area contributed by atoms with Crippen molar-refractivity contribution in [2.24, 2.45) is 0 Å². The third-order valence-corrected chi connectivity index (χ3v) is 6.18. The molecule has 0 radical (unpaired) electrons. The van der Waals surface area contributed by atoms with Gasteiger partial charge in [0.25, 0.3) is 0 Å². The number of nitrogens with one attached hydrogen (secondary N) is 2. The van der Waals surface area contributed by atoms with Crippen LogP contribution in [-0.4, -0.2) is 51.9 Å². The Morgan fingerprint density at radius 3 is 2.47 bits per heavy atom. The number of methoxy groups -OCH3 is 1. The van der Waals surface area contributed by atoms with Crippen LogP contribution in [0.2, 0.25) is 0 Å². The maximum absolute atomic E-state index is 12.4. The lowest BCUT2D eigenvalue weighted by Crippen LogP contribution is -2.39. The van der Waals surface area contributed by atoms with E-state index in [4.69, 9.17) is 4.74 Å². The standard InChI is InChI=1S/C20H24BrN3O5S/c1-3-24(14-19(25)23-16-5-4-6-17(13-16)29-2)20(26)11-12-22-30(27,28)18-9-7-15(21)8-10-18/h4-10,13,22H,3,11-12,14H2,1-2H3,(H,23,25). The van der Waals surface area contributed by atoms with E-state index in [0.717, 1.165) is 4.47 Å². The molecule has 0 unspecified atom stereocenters. The van der Waals surface area contributed by atoms with Crippen molar-refractivity contribution in [1.29, 1.82) is 0 Å². The molecule has 0 aliphatic heterocycles. The first-order chi connectivity index (χ1) is 14.2. The van der Waals surface area contributed by atoms with E-state index in [-0.39, 0.29) is 36.2 Å². The Morgan fingerprint density at radius 1 is 1.13 bits per heavy atom. The quantitative estimate of drug-likeness (QED) is 0.524. The molecule has 0 spiro atoms. The summed E-state index contributed by atoms with van der Waals surface area (Å²) in [5.41, 5.74) is 0.560. The number of nitrogens with zero attached hydrogens (tertiary/aromatic N) is 1. The van der Waals surface area contributed by atoms with Gasteiger partial charge in [-0.25, -0.2) is 13.1 Å². The molecule has 0 aromatic heterocycles. The van der Waals surface area contributed by atoms with Gasteiger partial charge in [0.2, 0.25) is 21.8 Å². The number of rotatable bonds is 10. The molecule has 2 N–H and O–H groups in total. The van der Waals surface area contributed by atoms with Gasteiger partial charge in [-0.2, -0.15) is 0 Å². The first kappa shape index (κ1) is 23.8. The van der Waals surface area contributed by atoms with Crippen LogP contribution in [0, 0.1) is 0 Å². The van der Waals surface area contributed by atoms with Gasteiger partial charge in [0, 0.05) is 35.7 Å². The van der Waals surface area contributed by atoms with Crippen molar-refractivity contribution in [3.63, 3.8) is 0 Å². The van der Waals surface area contributed by atoms with Gasteiger partial charge in [-0.3, -0.25) is 9.59 Å². The van der Waals surface area contributed by atoms with Crippen molar-refractivity contribution in [3.05, 3.63) is 53.0 Å². The number of halogens is 1. The van der Waals surface area contributed by atoms with Crippen LogP contribution in [-0.2, 0) is 19.6 Å². The van der Waals surface area contributed by atoms with Crippen molar-refractivity contribution in [1.82, 2.24) is 9.62 Å².